The highest BCUT2D eigenvalue weighted by Gasteiger charge is 2.13. The molecule has 128 valence electrons. The Bertz CT molecular complexity index is 470. The molecule has 0 aliphatic rings. The van der Waals surface area contributed by atoms with E-state index < -0.39 is 6.10 Å². The average Bonchev–Trinajstić information content (AvgIpc) is 2.55. The lowest BCUT2D eigenvalue weighted by Crippen LogP contribution is -2.21. The van der Waals surface area contributed by atoms with E-state index in [4.69, 9.17) is 4.74 Å². The first kappa shape index (κ1) is 19.4. The van der Waals surface area contributed by atoms with Gasteiger partial charge in [0, 0.05) is 5.92 Å². The van der Waals surface area contributed by atoms with Crippen LogP contribution in [0.1, 0.15) is 32.3 Å². The van der Waals surface area contributed by atoms with Crippen LogP contribution >= 0.6 is 0 Å². The average molecular weight is 320 g/mol. The zero-order valence-electron chi connectivity index (χ0n) is 14.3. The van der Waals surface area contributed by atoms with Crippen molar-refractivity contribution in [2.24, 2.45) is 11.8 Å². The Hall–Kier alpha value is -1.65. The molecule has 0 aromatic heterocycles. The van der Waals surface area contributed by atoms with E-state index in [0.29, 0.717) is 26.1 Å². The van der Waals surface area contributed by atoms with Gasteiger partial charge in [0.05, 0.1) is 32.8 Å². The van der Waals surface area contributed by atoms with Crippen molar-refractivity contribution >= 4 is 5.97 Å². The van der Waals surface area contributed by atoms with Crippen molar-refractivity contribution in [1.29, 1.82) is 0 Å². The van der Waals surface area contributed by atoms with Crippen LogP contribution in [0.25, 0.3) is 0 Å². The molecular weight excluding hydrogens is 292 g/mol. The zero-order chi connectivity index (χ0) is 17.1. The molecule has 0 amide bonds. The van der Waals surface area contributed by atoms with Crippen molar-refractivity contribution in [1.82, 2.24) is 0 Å². The minimum atomic E-state index is -0.452. The van der Waals surface area contributed by atoms with Gasteiger partial charge in [0.2, 0.25) is 0 Å². The lowest BCUT2D eigenvalue weighted by Gasteiger charge is -2.17. The number of rotatable bonds is 10. The Morgan fingerprint density at radius 2 is 1.96 bits per heavy atom. The van der Waals surface area contributed by atoms with Gasteiger partial charge in [-0.1, -0.05) is 56.3 Å². The number of carbonyl (C=O) groups excluding carboxylic acids is 1. The van der Waals surface area contributed by atoms with E-state index in [1.165, 1.54) is 7.11 Å². The Kier molecular flexibility index (Phi) is 9.25. The number of aliphatic hydroxyl groups excluding tert-OH is 1. The fraction of sp³-hybridized carbons (Fsp3) is 0.526. The third-order valence-electron chi connectivity index (χ3n) is 3.71. The van der Waals surface area contributed by atoms with Gasteiger partial charge in [-0.05, 0) is 17.9 Å². The summed E-state index contributed by atoms with van der Waals surface area (Å²) in [5, 5.41) is 10.1. The lowest BCUT2D eigenvalue weighted by molar-refractivity contribution is -0.141. The molecule has 23 heavy (non-hydrogen) atoms. The van der Waals surface area contributed by atoms with Crippen LogP contribution in [0, 0.1) is 11.8 Å². The second kappa shape index (κ2) is 11.0. The Labute approximate surface area is 139 Å². The summed E-state index contributed by atoms with van der Waals surface area (Å²) in [7, 11) is 1.39. The minimum absolute atomic E-state index is 0.0549. The van der Waals surface area contributed by atoms with Crippen molar-refractivity contribution in [2.45, 2.75) is 39.4 Å². The quantitative estimate of drug-likeness (QED) is 0.530. The summed E-state index contributed by atoms with van der Waals surface area (Å²) in [6, 6.07) is 9.98. The van der Waals surface area contributed by atoms with Crippen molar-refractivity contribution < 1.29 is 19.4 Å². The SMILES string of the molecule is COC(=O)C[C@@H](C)/C=C/C[C@H](O)[C@H](C)COCc1ccccc1. The normalized spacial score (nSPS) is 15.3. The van der Waals surface area contributed by atoms with Gasteiger partial charge < -0.3 is 14.6 Å². The maximum atomic E-state index is 11.1. The molecule has 3 atom stereocenters. The molecule has 0 spiro atoms. The first-order valence-electron chi connectivity index (χ1n) is 8.06. The summed E-state index contributed by atoms with van der Waals surface area (Å²) in [5.41, 5.74) is 1.13. The van der Waals surface area contributed by atoms with E-state index in [9.17, 15) is 9.90 Å². The number of allylic oxidation sites excluding steroid dienone is 1. The number of carbonyl (C=O) groups is 1. The first-order valence-corrected chi connectivity index (χ1v) is 8.06. The number of aliphatic hydroxyl groups is 1. The summed E-state index contributed by atoms with van der Waals surface area (Å²) in [6.45, 7) is 5.00. The number of hydrogen-bond acceptors (Lipinski definition) is 4. The summed E-state index contributed by atoms with van der Waals surface area (Å²) >= 11 is 0. The van der Waals surface area contributed by atoms with Crippen LogP contribution in [-0.4, -0.2) is 30.9 Å². The fourth-order valence-electron chi connectivity index (χ4n) is 2.14. The molecule has 0 bridgehead atoms. The van der Waals surface area contributed by atoms with Crippen molar-refractivity contribution in [2.75, 3.05) is 13.7 Å². The number of methoxy groups -OCH3 is 1. The molecule has 1 aromatic carbocycles. The van der Waals surface area contributed by atoms with Gasteiger partial charge in [-0.2, -0.15) is 0 Å². The summed E-state index contributed by atoms with van der Waals surface area (Å²) in [6.07, 6.45) is 4.33. The van der Waals surface area contributed by atoms with Crippen LogP contribution in [0.2, 0.25) is 0 Å². The number of benzene rings is 1. The molecule has 0 saturated heterocycles. The Morgan fingerprint density at radius 1 is 1.26 bits per heavy atom. The summed E-state index contributed by atoms with van der Waals surface area (Å²) in [5.74, 6) is -0.0519. The second-order valence-electron chi connectivity index (χ2n) is 5.97. The van der Waals surface area contributed by atoms with E-state index in [1.807, 2.05) is 56.3 Å². The molecule has 0 aliphatic carbocycles. The molecule has 0 saturated carbocycles. The van der Waals surface area contributed by atoms with Gasteiger partial charge in [-0.3, -0.25) is 4.79 Å². The fourth-order valence-corrected chi connectivity index (χ4v) is 2.14. The largest absolute Gasteiger partial charge is 0.469 e. The summed E-state index contributed by atoms with van der Waals surface area (Å²) in [4.78, 5) is 11.1. The molecule has 1 aromatic rings. The third-order valence-corrected chi connectivity index (χ3v) is 3.71. The molecular formula is C19H28O4. The molecule has 4 nitrogen and oxygen atoms in total. The van der Waals surface area contributed by atoms with Crippen LogP contribution in [0.4, 0.5) is 0 Å². The van der Waals surface area contributed by atoms with Crippen molar-refractivity contribution in [3.63, 3.8) is 0 Å². The van der Waals surface area contributed by atoms with Gasteiger partial charge in [0.1, 0.15) is 0 Å². The van der Waals surface area contributed by atoms with Crippen LogP contribution in [-0.2, 0) is 20.9 Å². The van der Waals surface area contributed by atoms with Crippen LogP contribution in [0.3, 0.4) is 0 Å². The summed E-state index contributed by atoms with van der Waals surface area (Å²) < 4.78 is 10.3. The maximum Gasteiger partial charge on any atom is 0.306 e. The molecule has 1 rings (SSSR count). The smallest absolute Gasteiger partial charge is 0.306 e. The second-order valence-corrected chi connectivity index (χ2v) is 5.97. The maximum absolute atomic E-state index is 11.1. The zero-order valence-corrected chi connectivity index (χ0v) is 14.3. The monoisotopic (exact) mass is 320 g/mol. The lowest BCUT2D eigenvalue weighted by atomic mass is 10.0. The molecule has 0 heterocycles. The minimum Gasteiger partial charge on any atom is -0.469 e. The van der Waals surface area contributed by atoms with Crippen molar-refractivity contribution in [3.05, 3.63) is 48.0 Å². The van der Waals surface area contributed by atoms with Gasteiger partial charge >= 0.3 is 5.97 Å². The van der Waals surface area contributed by atoms with E-state index in [1.54, 1.807) is 0 Å². The highest BCUT2D eigenvalue weighted by Crippen LogP contribution is 2.12. The third kappa shape index (κ3) is 8.53. The van der Waals surface area contributed by atoms with Gasteiger partial charge in [0.25, 0.3) is 0 Å². The number of ether oxygens (including phenoxy) is 2. The van der Waals surface area contributed by atoms with Gasteiger partial charge in [-0.25, -0.2) is 0 Å². The van der Waals surface area contributed by atoms with E-state index in [2.05, 4.69) is 4.74 Å². The predicted molar refractivity (Wildman–Crippen MR) is 90.8 cm³/mol. The molecule has 1 N–H and O–H groups in total. The molecule has 0 unspecified atom stereocenters. The highest BCUT2D eigenvalue weighted by molar-refractivity contribution is 5.69. The highest BCUT2D eigenvalue weighted by atomic mass is 16.5. The molecule has 0 fully saturated rings. The van der Waals surface area contributed by atoms with Gasteiger partial charge in [-0.15, -0.1) is 0 Å². The topological polar surface area (TPSA) is 55.8 Å². The number of esters is 1. The standard InChI is InChI=1S/C19H28O4/c1-15(12-19(21)22-3)8-7-11-18(20)16(2)13-23-14-17-9-5-4-6-10-17/h4-10,15-16,18,20H,11-14H2,1-3H3/b8-7+/t15-,16+,18-/m0/s1. The predicted octanol–water partition coefficient (Wildman–Crippen LogP) is 3.35. The van der Waals surface area contributed by atoms with Gasteiger partial charge in [0.15, 0.2) is 0 Å². The van der Waals surface area contributed by atoms with Crippen LogP contribution in [0.5, 0.6) is 0 Å². The van der Waals surface area contributed by atoms with E-state index in [-0.39, 0.29) is 17.8 Å². The number of hydrogen-bond donors (Lipinski definition) is 1. The molecule has 0 aliphatic heterocycles. The van der Waals surface area contributed by atoms with Crippen LogP contribution < -0.4 is 0 Å². The first-order chi connectivity index (χ1) is 11.0. The van der Waals surface area contributed by atoms with E-state index in [0.717, 1.165) is 5.56 Å². The Balaban J connectivity index is 2.22. The van der Waals surface area contributed by atoms with E-state index >= 15 is 0 Å². The molecule has 0 radical (unpaired) electrons. The van der Waals surface area contributed by atoms with Crippen LogP contribution in [0.15, 0.2) is 42.5 Å². The Morgan fingerprint density at radius 3 is 2.61 bits per heavy atom. The van der Waals surface area contributed by atoms with Crippen molar-refractivity contribution in [3.8, 4) is 0 Å². The molecule has 4 heteroatoms.